The Labute approximate surface area is 229 Å². The molecule has 0 N–H and O–H groups in total. The van der Waals surface area contributed by atoms with Gasteiger partial charge in [-0.25, -0.2) is 0 Å². The largest absolute Gasteiger partial charge is 0.488 e. The molecule has 0 saturated carbocycles. The molecule has 1 amide bonds. The summed E-state index contributed by atoms with van der Waals surface area (Å²) in [6.07, 6.45) is 1.91. The Morgan fingerprint density at radius 2 is 1.49 bits per heavy atom. The first-order chi connectivity index (χ1) is 18.1. The highest BCUT2D eigenvalue weighted by Crippen LogP contribution is 2.41. The molecule has 0 atom stereocenters. The van der Waals surface area contributed by atoms with E-state index in [4.69, 9.17) is 28.6 Å². The number of rotatable bonds is 5. The third kappa shape index (κ3) is 4.62. The Bertz CT molecular complexity index is 1710. The van der Waals surface area contributed by atoms with E-state index in [0.717, 1.165) is 38.4 Å². The van der Waals surface area contributed by atoms with Crippen molar-refractivity contribution in [3.63, 3.8) is 0 Å². The van der Waals surface area contributed by atoms with E-state index in [1.807, 2.05) is 103 Å². The van der Waals surface area contributed by atoms with Crippen LogP contribution in [0.5, 0.6) is 5.75 Å². The molecular weight excluding hydrogens is 518 g/mol. The van der Waals surface area contributed by atoms with Crippen molar-refractivity contribution in [1.82, 2.24) is 0 Å². The van der Waals surface area contributed by atoms with Crippen LogP contribution in [0.15, 0.2) is 108 Å². The van der Waals surface area contributed by atoms with Crippen molar-refractivity contribution in [1.29, 1.82) is 0 Å². The first kappa shape index (κ1) is 23.7. The number of halogens is 1. The summed E-state index contributed by atoms with van der Waals surface area (Å²) in [6, 6.07) is 33.6. The van der Waals surface area contributed by atoms with E-state index in [2.05, 4.69) is 6.07 Å². The minimum atomic E-state index is -0.136. The molecule has 1 heterocycles. The van der Waals surface area contributed by atoms with E-state index >= 15 is 0 Å². The van der Waals surface area contributed by atoms with Gasteiger partial charge in [0.05, 0.1) is 10.6 Å². The van der Waals surface area contributed by atoms with Crippen molar-refractivity contribution >= 4 is 79.1 Å². The fraction of sp³-hybridized carbons (Fsp3) is 0.0323. The second-order valence-electron chi connectivity index (χ2n) is 8.63. The molecule has 0 bridgehead atoms. The van der Waals surface area contributed by atoms with Gasteiger partial charge < -0.3 is 4.74 Å². The molecule has 180 valence electrons. The predicted octanol–water partition coefficient (Wildman–Crippen LogP) is 8.63. The average molecular weight is 538 g/mol. The number of thiocarbonyl (C=S) groups is 1. The molecule has 5 aromatic rings. The van der Waals surface area contributed by atoms with Gasteiger partial charge in [-0.15, -0.1) is 0 Å². The topological polar surface area (TPSA) is 29.5 Å². The smallest absolute Gasteiger partial charge is 0.270 e. The van der Waals surface area contributed by atoms with Gasteiger partial charge in [-0.05, 0) is 52.1 Å². The summed E-state index contributed by atoms with van der Waals surface area (Å²) in [5.41, 5.74) is 2.65. The number of nitrogens with zero attached hydrogens (tertiary/aromatic N) is 1. The lowest BCUT2D eigenvalue weighted by molar-refractivity contribution is -0.113. The van der Waals surface area contributed by atoms with E-state index < -0.39 is 0 Å². The predicted molar refractivity (Wildman–Crippen MR) is 159 cm³/mol. The SMILES string of the molecule is O=C1/C(=C/c2c(OCc3ccc(Cl)cc3)ccc3ccccc23)SC(=S)N1c1cccc2ccccc12. The number of hydrogen-bond donors (Lipinski definition) is 0. The quantitative estimate of drug-likeness (QED) is 0.166. The van der Waals surface area contributed by atoms with Gasteiger partial charge in [0.2, 0.25) is 0 Å². The van der Waals surface area contributed by atoms with Crippen LogP contribution in [0.3, 0.4) is 0 Å². The van der Waals surface area contributed by atoms with Gasteiger partial charge in [0.1, 0.15) is 12.4 Å². The number of ether oxygens (including phenoxy) is 1. The number of thioether (sulfide) groups is 1. The zero-order chi connectivity index (χ0) is 25.4. The second kappa shape index (κ2) is 10.0. The minimum absolute atomic E-state index is 0.136. The van der Waals surface area contributed by atoms with Gasteiger partial charge in [0.25, 0.3) is 5.91 Å². The standard InChI is InChI=1S/C31H20ClNO2S2/c32-23-15-12-20(13-16-23)19-35-28-17-14-22-7-1-3-9-24(22)26(28)18-29-30(34)33(31(36)37-29)27-11-5-8-21-6-2-4-10-25(21)27/h1-18H,19H2/b29-18-. The van der Waals surface area contributed by atoms with E-state index in [0.29, 0.717) is 26.6 Å². The lowest BCUT2D eigenvalue weighted by atomic mass is 10.0. The third-order valence-electron chi connectivity index (χ3n) is 6.31. The molecule has 5 aromatic carbocycles. The van der Waals surface area contributed by atoms with Gasteiger partial charge >= 0.3 is 0 Å². The maximum atomic E-state index is 13.7. The zero-order valence-electron chi connectivity index (χ0n) is 19.6. The molecule has 0 radical (unpaired) electrons. The Morgan fingerprint density at radius 1 is 0.811 bits per heavy atom. The zero-order valence-corrected chi connectivity index (χ0v) is 21.9. The lowest BCUT2D eigenvalue weighted by Crippen LogP contribution is -2.27. The van der Waals surface area contributed by atoms with Crippen LogP contribution in [0.1, 0.15) is 11.1 Å². The number of carbonyl (C=O) groups excluding carboxylic acids is 1. The van der Waals surface area contributed by atoms with Crippen LogP contribution in [0.2, 0.25) is 5.02 Å². The molecule has 0 aromatic heterocycles. The van der Waals surface area contributed by atoms with Crippen molar-refractivity contribution in [2.45, 2.75) is 6.61 Å². The summed E-state index contributed by atoms with van der Waals surface area (Å²) in [5.74, 6) is 0.562. The molecular formula is C31H20ClNO2S2. The van der Waals surface area contributed by atoms with Crippen molar-refractivity contribution in [2.75, 3.05) is 4.90 Å². The molecule has 0 spiro atoms. The van der Waals surface area contributed by atoms with Gasteiger partial charge in [0, 0.05) is 16.0 Å². The first-order valence-corrected chi connectivity index (χ1v) is 13.3. The normalized spacial score (nSPS) is 14.7. The highest BCUT2D eigenvalue weighted by Gasteiger charge is 2.34. The first-order valence-electron chi connectivity index (χ1n) is 11.7. The summed E-state index contributed by atoms with van der Waals surface area (Å²) in [6.45, 7) is 0.382. The third-order valence-corrected chi connectivity index (χ3v) is 7.87. The highest BCUT2D eigenvalue weighted by atomic mass is 35.5. The minimum Gasteiger partial charge on any atom is -0.488 e. The Kier molecular flexibility index (Phi) is 6.43. The molecule has 1 aliphatic heterocycles. The summed E-state index contributed by atoms with van der Waals surface area (Å²) in [4.78, 5) is 15.9. The van der Waals surface area contributed by atoms with Crippen molar-refractivity contribution in [3.05, 3.63) is 124 Å². The van der Waals surface area contributed by atoms with E-state index in [9.17, 15) is 4.79 Å². The maximum absolute atomic E-state index is 13.7. The molecule has 3 nitrogen and oxygen atoms in total. The fourth-order valence-electron chi connectivity index (χ4n) is 4.50. The number of fused-ring (bicyclic) bond motifs is 2. The molecule has 6 heteroatoms. The van der Waals surface area contributed by atoms with Crippen LogP contribution in [0.4, 0.5) is 5.69 Å². The van der Waals surface area contributed by atoms with Gasteiger partial charge in [-0.3, -0.25) is 9.69 Å². The summed E-state index contributed by atoms with van der Waals surface area (Å²) >= 11 is 13.0. The molecule has 6 rings (SSSR count). The maximum Gasteiger partial charge on any atom is 0.270 e. The molecule has 0 aliphatic carbocycles. The fourth-order valence-corrected chi connectivity index (χ4v) is 5.89. The van der Waals surface area contributed by atoms with Crippen molar-refractivity contribution in [3.8, 4) is 5.75 Å². The van der Waals surface area contributed by atoms with Crippen molar-refractivity contribution in [2.24, 2.45) is 0 Å². The van der Waals surface area contributed by atoms with Crippen LogP contribution in [0.25, 0.3) is 27.6 Å². The second-order valence-corrected chi connectivity index (χ2v) is 10.7. The van der Waals surface area contributed by atoms with Crippen LogP contribution in [0, 0.1) is 0 Å². The van der Waals surface area contributed by atoms with E-state index in [1.165, 1.54) is 11.8 Å². The molecule has 1 saturated heterocycles. The number of benzene rings is 5. The molecule has 37 heavy (non-hydrogen) atoms. The number of hydrogen-bond acceptors (Lipinski definition) is 4. The Hall–Kier alpha value is -3.64. The van der Waals surface area contributed by atoms with Crippen LogP contribution in [-0.4, -0.2) is 10.2 Å². The summed E-state index contributed by atoms with van der Waals surface area (Å²) in [5, 5.41) is 4.80. The summed E-state index contributed by atoms with van der Waals surface area (Å²) in [7, 11) is 0. The summed E-state index contributed by atoms with van der Waals surface area (Å²) < 4.78 is 6.77. The van der Waals surface area contributed by atoms with Crippen molar-refractivity contribution < 1.29 is 9.53 Å². The Balaban J connectivity index is 1.40. The number of carbonyl (C=O) groups is 1. The lowest BCUT2D eigenvalue weighted by Gasteiger charge is -2.17. The molecule has 0 unspecified atom stereocenters. The van der Waals surface area contributed by atoms with Gasteiger partial charge in [0.15, 0.2) is 4.32 Å². The van der Waals surface area contributed by atoms with Gasteiger partial charge in [-0.1, -0.05) is 114 Å². The van der Waals surface area contributed by atoms with Crippen LogP contribution in [-0.2, 0) is 11.4 Å². The average Bonchev–Trinajstić information content (AvgIpc) is 3.21. The van der Waals surface area contributed by atoms with E-state index in [1.54, 1.807) is 4.90 Å². The van der Waals surface area contributed by atoms with Crippen LogP contribution < -0.4 is 9.64 Å². The number of amides is 1. The number of anilines is 1. The monoisotopic (exact) mass is 537 g/mol. The Morgan fingerprint density at radius 3 is 2.27 bits per heavy atom. The van der Waals surface area contributed by atoms with Gasteiger partial charge in [-0.2, -0.15) is 0 Å². The van der Waals surface area contributed by atoms with Crippen LogP contribution >= 0.6 is 35.6 Å². The van der Waals surface area contributed by atoms with E-state index in [-0.39, 0.29) is 5.91 Å². The highest BCUT2D eigenvalue weighted by molar-refractivity contribution is 8.27. The molecule has 1 fully saturated rings. The molecule has 1 aliphatic rings.